The molecule has 20 heavy (non-hydrogen) atoms. The summed E-state index contributed by atoms with van der Waals surface area (Å²) < 4.78 is 32.8. The highest BCUT2D eigenvalue weighted by molar-refractivity contribution is 7.89. The molecule has 0 spiro atoms. The maximum absolute atomic E-state index is 12.7. The Morgan fingerprint density at radius 3 is 2.60 bits per heavy atom. The summed E-state index contributed by atoms with van der Waals surface area (Å²) in [4.78, 5) is 0.238. The van der Waals surface area contributed by atoms with E-state index in [9.17, 15) is 13.5 Å². The molecule has 1 heterocycles. The third-order valence-electron chi connectivity index (χ3n) is 4.12. The molecule has 2 atom stereocenters. The Kier molecular flexibility index (Phi) is 3.70. The lowest BCUT2D eigenvalue weighted by Gasteiger charge is -2.42. The second-order valence-corrected chi connectivity index (χ2v) is 7.26. The highest BCUT2D eigenvalue weighted by atomic mass is 32.2. The fraction of sp³-hybridized carbons (Fsp3) is 0.571. The van der Waals surface area contributed by atoms with Crippen LogP contribution >= 0.6 is 0 Å². The van der Waals surface area contributed by atoms with E-state index in [0.717, 1.165) is 25.7 Å². The standard InChI is InChI=1S/C14H19NO4S/c16-11-5-7-12(8-6-11)20(17,18)15-9-10-19-14-4-2-1-3-13(14)15/h5-8,13-14,16H,1-4,9-10H2. The first kappa shape index (κ1) is 13.9. The van der Waals surface area contributed by atoms with Gasteiger partial charge in [-0.25, -0.2) is 8.42 Å². The van der Waals surface area contributed by atoms with Crippen LogP contribution in [0.4, 0.5) is 0 Å². The number of benzene rings is 1. The zero-order valence-electron chi connectivity index (χ0n) is 11.2. The number of phenolic OH excluding ortho intramolecular Hbond substituents is 1. The van der Waals surface area contributed by atoms with Crippen molar-refractivity contribution in [1.82, 2.24) is 4.31 Å². The van der Waals surface area contributed by atoms with E-state index in [2.05, 4.69) is 0 Å². The lowest BCUT2D eigenvalue weighted by Crippen LogP contribution is -2.54. The third-order valence-corrected chi connectivity index (χ3v) is 6.06. The molecule has 1 aliphatic carbocycles. The minimum Gasteiger partial charge on any atom is -0.508 e. The molecule has 0 aromatic heterocycles. The first-order chi connectivity index (χ1) is 9.59. The average Bonchev–Trinajstić information content (AvgIpc) is 2.47. The quantitative estimate of drug-likeness (QED) is 0.902. The van der Waals surface area contributed by atoms with Gasteiger partial charge in [-0.05, 0) is 37.1 Å². The summed E-state index contributed by atoms with van der Waals surface area (Å²) in [6, 6.07) is 5.68. The van der Waals surface area contributed by atoms with Gasteiger partial charge in [-0.2, -0.15) is 4.31 Å². The van der Waals surface area contributed by atoms with E-state index in [1.54, 1.807) is 4.31 Å². The largest absolute Gasteiger partial charge is 0.508 e. The summed E-state index contributed by atoms with van der Waals surface area (Å²) in [6.45, 7) is 0.864. The van der Waals surface area contributed by atoms with Crippen LogP contribution in [0, 0.1) is 0 Å². The van der Waals surface area contributed by atoms with Gasteiger partial charge in [0.05, 0.1) is 23.6 Å². The molecule has 1 N–H and O–H groups in total. The molecule has 5 nitrogen and oxygen atoms in total. The summed E-state index contributed by atoms with van der Waals surface area (Å²) in [5.41, 5.74) is 0. The molecule has 6 heteroatoms. The Morgan fingerprint density at radius 2 is 1.85 bits per heavy atom. The molecule has 2 aliphatic rings. The number of hydrogen-bond acceptors (Lipinski definition) is 4. The summed E-state index contributed by atoms with van der Waals surface area (Å²) in [5, 5.41) is 9.29. The van der Waals surface area contributed by atoms with Gasteiger partial charge >= 0.3 is 0 Å². The maximum atomic E-state index is 12.7. The summed E-state index contributed by atoms with van der Waals surface area (Å²) >= 11 is 0. The molecule has 1 saturated carbocycles. The number of ether oxygens (including phenoxy) is 1. The van der Waals surface area contributed by atoms with Crippen molar-refractivity contribution in [2.75, 3.05) is 13.2 Å². The van der Waals surface area contributed by atoms with Crippen molar-refractivity contribution in [1.29, 1.82) is 0 Å². The summed E-state index contributed by atoms with van der Waals surface area (Å²) in [5.74, 6) is 0.0708. The molecular weight excluding hydrogens is 278 g/mol. The van der Waals surface area contributed by atoms with E-state index in [1.807, 2.05) is 0 Å². The number of rotatable bonds is 2. The zero-order valence-corrected chi connectivity index (χ0v) is 12.1. The number of fused-ring (bicyclic) bond motifs is 1. The molecule has 0 bridgehead atoms. The van der Waals surface area contributed by atoms with Gasteiger partial charge in [-0.1, -0.05) is 12.8 Å². The van der Waals surface area contributed by atoms with E-state index < -0.39 is 10.0 Å². The van der Waals surface area contributed by atoms with Crippen molar-refractivity contribution in [3.63, 3.8) is 0 Å². The fourth-order valence-electron chi connectivity index (χ4n) is 3.11. The molecule has 0 amide bonds. The Balaban J connectivity index is 1.91. The van der Waals surface area contributed by atoms with Crippen LogP contribution in [-0.4, -0.2) is 43.1 Å². The number of aromatic hydroxyl groups is 1. The molecule has 3 rings (SSSR count). The van der Waals surface area contributed by atoms with Gasteiger partial charge in [0.1, 0.15) is 5.75 Å². The van der Waals surface area contributed by atoms with Crippen LogP contribution < -0.4 is 0 Å². The normalized spacial score (nSPS) is 28.0. The van der Waals surface area contributed by atoms with Crippen LogP contribution in [-0.2, 0) is 14.8 Å². The van der Waals surface area contributed by atoms with E-state index in [0.29, 0.717) is 13.2 Å². The highest BCUT2D eigenvalue weighted by Crippen LogP contribution is 2.32. The van der Waals surface area contributed by atoms with Gasteiger partial charge in [-0.15, -0.1) is 0 Å². The van der Waals surface area contributed by atoms with Crippen LogP contribution in [0.2, 0.25) is 0 Å². The molecule has 1 aromatic carbocycles. The Morgan fingerprint density at radius 1 is 1.15 bits per heavy atom. The summed E-state index contributed by atoms with van der Waals surface area (Å²) in [6.07, 6.45) is 3.98. The minimum absolute atomic E-state index is 0.0318. The predicted molar refractivity (Wildman–Crippen MR) is 74.0 cm³/mol. The SMILES string of the molecule is O=S(=O)(c1ccc(O)cc1)N1CCOC2CCCCC21. The lowest BCUT2D eigenvalue weighted by molar-refractivity contribution is -0.0586. The minimum atomic E-state index is -3.51. The van der Waals surface area contributed by atoms with Crippen LogP contribution in [0.5, 0.6) is 5.75 Å². The lowest BCUT2D eigenvalue weighted by atomic mass is 9.91. The zero-order chi connectivity index (χ0) is 14.2. The number of sulfonamides is 1. The van der Waals surface area contributed by atoms with E-state index in [4.69, 9.17) is 4.74 Å². The van der Waals surface area contributed by atoms with Gasteiger partial charge < -0.3 is 9.84 Å². The first-order valence-corrected chi connectivity index (χ1v) is 8.45. The van der Waals surface area contributed by atoms with Crippen LogP contribution in [0.1, 0.15) is 25.7 Å². The predicted octanol–water partition coefficient (Wildman–Crippen LogP) is 1.72. The van der Waals surface area contributed by atoms with E-state index in [-0.39, 0.29) is 22.8 Å². The maximum Gasteiger partial charge on any atom is 0.243 e. The molecule has 2 unspecified atom stereocenters. The third kappa shape index (κ3) is 2.43. The van der Waals surface area contributed by atoms with Gasteiger partial charge in [0.15, 0.2) is 0 Å². The monoisotopic (exact) mass is 297 g/mol. The number of hydrogen-bond donors (Lipinski definition) is 1. The van der Waals surface area contributed by atoms with Crippen molar-refractivity contribution in [3.05, 3.63) is 24.3 Å². The van der Waals surface area contributed by atoms with E-state index in [1.165, 1.54) is 24.3 Å². The Hall–Kier alpha value is -1.11. The number of morpholine rings is 1. The fourth-order valence-corrected chi connectivity index (χ4v) is 4.78. The molecule has 1 aliphatic heterocycles. The Labute approximate surface area is 119 Å². The topological polar surface area (TPSA) is 66.8 Å². The van der Waals surface area contributed by atoms with Crippen molar-refractivity contribution < 1.29 is 18.3 Å². The molecule has 1 aromatic rings. The van der Waals surface area contributed by atoms with Crippen molar-refractivity contribution >= 4 is 10.0 Å². The molecular formula is C14H19NO4S. The van der Waals surface area contributed by atoms with Gasteiger partial charge in [-0.3, -0.25) is 0 Å². The van der Waals surface area contributed by atoms with Gasteiger partial charge in [0.25, 0.3) is 0 Å². The van der Waals surface area contributed by atoms with Gasteiger partial charge in [0, 0.05) is 6.54 Å². The smallest absolute Gasteiger partial charge is 0.243 e. The first-order valence-electron chi connectivity index (χ1n) is 7.01. The molecule has 2 fully saturated rings. The van der Waals surface area contributed by atoms with Crippen LogP contribution in [0.3, 0.4) is 0 Å². The van der Waals surface area contributed by atoms with Crippen molar-refractivity contribution in [3.8, 4) is 5.75 Å². The highest BCUT2D eigenvalue weighted by Gasteiger charge is 2.40. The summed E-state index contributed by atoms with van der Waals surface area (Å²) in [7, 11) is -3.51. The van der Waals surface area contributed by atoms with Crippen LogP contribution in [0.25, 0.3) is 0 Å². The van der Waals surface area contributed by atoms with Crippen molar-refractivity contribution in [2.45, 2.75) is 42.7 Å². The van der Waals surface area contributed by atoms with Crippen molar-refractivity contribution in [2.24, 2.45) is 0 Å². The molecule has 110 valence electrons. The second-order valence-electron chi connectivity index (χ2n) is 5.37. The van der Waals surface area contributed by atoms with Crippen LogP contribution in [0.15, 0.2) is 29.2 Å². The number of phenols is 1. The second kappa shape index (κ2) is 5.35. The van der Waals surface area contributed by atoms with E-state index >= 15 is 0 Å². The van der Waals surface area contributed by atoms with Gasteiger partial charge in [0.2, 0.25) is 10.0 Å². The molecule has 0 radical (unpaired) electrons. The average molecular weight is 297 g/mol. The Bertz CT molecular complexity index is 567. The number of nitrogens with zero attached hydrogens (tertiary/aromatic N) is 1. The molecule has 1 saturated heterocycles.